The van der Waals surface area contributed by atoms with Crippen LogP contribution in [0.3, 0.4) is 0 Å². The first kappa shape index (κ1) is 14.0. The van der Waals surface area contributed by atoms with E-state index in [2.05, 4.69) is 27.5 Å². The monoisotopic (exact) mass is 293 g/mol. The Balaban J connectivity index is 1.91. The molecule has 0 aliphatic heterocycles. The zero-order valence-electron chi connectivity index (χ0n) is 12.1. The Labute approximate surface area is 128 Å². The molecule has 0 amide bonds. The van der Waals surface area contributed by atoms with Gasteiger partial charge in [-0.25, -0.2) is 4.79 Å². The van der Waals surface area contributed by atoms with Crippen LogP contribution in [0.1, 0.15) is 17.4 Å². The van der Waals surface area contributed by atoms with E-state index in [1.165, 1.54) is 0 Å². The summed E-state index contributed by atoms with van der Waals surface area (Å²) in [5.74, 6) is -0.474. The molecule has 110 valence electrons. The maximum absolute atomic E-state index is 11.8. The van der Waals surface area contributed by atoms with Gasteiger partial charge in [-0.15, -0.1) is 5.10 Å². The first-order valence-corrected chi connectivity index (χ1v) is 7.03. The van der Waals surface area contributed by atoms with Crippen LogP contribution in [0.5, 0.6) is 0 Å². The molecular formula is C17H15N3O2. The molecule has 0 atom stereocenters. The molecule has 1 N–H and O–H groups in total. The Hall–Kier alpha value is -2.95. The molecule has 1 heterocycles. The molecule has 0 saturated carbocycles. The van der Waals surface area contributed by atoms with Crippen LogP contribution < -0.4 is 0 Å². The number of rotatable bonds is 4. The molecule has 2 aromatic carbocycles. The number of hydrogen-bond donors (Lipinski definition) is 1. The van der Waals surface area contributed by atoms with E-state index >= 15 is 0 Å². The molecule has 0 saturated heterocycles. The summed E-state index contributed by atoms with van der Waals surface area (Å²) in [7, 11) is 0. The van der Waals surface area contributed by atoms with E-state index in [1.807, 2.05) is 42.5 Å². The van der Waals surface area contributed by atoms with Crippen LogP contribution >= 0.6 is 0 Å². The minimum atomic E-state index is -0.474. The molecule has 0 spiro atoms. The summed E-state index contributed by atoms with van der Waals surface area (Å²) in [6, 6.07) is 17.9. The topological polar surface area (TPSA) is 67.9 Å². The Morgan fingerprint density at radius 1 is 0.955 bits per heavy atom. The average Bonchev–Trinajstić information content (AvgIpc) is 3.06. The molecule has 1 aromatic heterocycles. The number of H-pyrrole nitrogens is 1. The van der Waals surface area contributed by atoms with Crippen LogP contribution in [0.4, 0.5) is 0 Å². The predicted octanol–water partition coefficient (Wildman–Crippen LogP) is 3.32. The predicted molar refractivity (Wildman–Crippen MR) is 83.2 cm³/mol. The normalized spacial score (nSPS) is 10.4. The molecule has 0 aliphatic rings. The lowest BCUT2D eigenvalue weighted by atomic mass is 10.0. The number of nitrogens with one attached hydrogen (secondary N) is 1. The van der Waals surface area contributed by atoms with Crippen molar-refractivity contribution in [2.75, 3.05) is 6.61 Å². The van der Waals surface area contributed by atoms with Crippen molar-refractivity contribution in [1.82, 2.24) is 15.4 Å². The molecule has 0 unspecified atom stereocenters. The highest BCUT2D eigenvalue weighted by atomic mass is 16.5. The minimum absolute atomic E-state index is 0.203. The molecule has 0 aliphatic carbocycles. The number of aromatic amines is 1. The van der Waals surface area contributed by atoms with Gasteiger partial charge >= 0.3 is 5.97 Å². The van der Waals surface area contributed by atoms with Crippen molar-refractivity contribution in [1.29, 1.82) is 0 Å². The van der Waals surface area contributed by atoms with Gasteiger partial charge in [0.25, 0.3) is 0 Å². The highest BCUT2D eigenvalue weighted by Gasteiger charge is 2.18. The Bertz CT molecular complexity index is 764. The van der Waals surface area contributed by atoms with Crippen molar-refractivity contribution < 1.29 is 9.53 Å². The lowest BCUT2D eigenvalue weighted by molar-refractivity contribution is 0.0520. The van der Waals surface area contributed by atoms with Crippen LogP contribution in [0, 0.1) is 0 Å². The van der Waals surface area contributed by atoms with Crippen molar-refractivity contribution in [3.63, 3.8) is 0 Å². The van der Waals surface area contributed by atoms with Crippen molar-refractivity contribution >= 4 is 5.97 Å². The van der Waals surface area contributed by atoms with Crippen LogP contribution in [-0.4, -0.2) is 28.0 Å². The fourth-order valence-electron chi connectivity index (χ4n) is 2.23. The SMILES string of the molecule is CCOC(=O)c1n[nH]nc1-c1ccc(-c2ccccc2)cc1. The maximum Gasteiger partial charge on any atom is 0.361 e. The first-order chi connectivity index (χ1) is 10.8. The van der Waals surface area contributed by atoms with Crippen molar-refractivity contribution in [2.24, 2.45) is 0 Å². The zero-order valence-corrected chi connectivity index (χ0v) is 12.1. The number of ether oxygens (including phenoxy) is 1. The van der Waals surface area contributed by atoms with Gasteiger partial charge in [-0.1, -0.05) is 54.6 Å². The number of carbonyl (C=O) groups excluding carboxylic acids is 1. The van der Waals surface area contributed by atoms with Gasteiger partial charge in [0.2, 0.25) is 0 Å². The number of carbonyl (C=O) groups is 1. The van der Waals surface area contributed by atoms with Gasteiger partial charge in [-0.2, -0.15) is 10.3 Å². The number of hydrogen-bond acceptors (Lipinski definition) is 4. The lowest BCUT2D eigenvalue weighted by Crippen LogP contribution is -2.06. The Kier molecular flexibility index (Phi) is 3.96. The summed E-state index contributed by atoms with van der Waals surface area (Å²) >= 11 is 0. The lowest BCUT2D eigenvalue weighted by Gasteiger charge is -2.04. The van der Waals surface area contributed by atoms with Gasteiger partial charge in [0.1, 0.15) is 5.69 Å². The summed E-state index contributed by atoms with van der Waals surface area (Å²) in [4.78, 5) is 11.8. The molecule has 0 bridgehead atoms. The largest absolute Gasteiger partial charge is 0.461 e. The minimum Gasteiger partial charge on any atom is -0.461 e. The standard InChI is InChI=1S/C17H15N3O2/c1-2-22-17(21)16-15(18-20-19-16)14-10-8-13(9-11-14)12-6-4-3-5-7-12/h3-11H,2H2,1H3,(H,18,19,20). The van der Waals surface area contributed by atoms with E-state index in [9.17, 15) is 4.79 Å². The smallest absolute Gasteiger partial charge is 0.361 e. The second-order valence-corrected chi connectivity index (χ2v) is 4.68. The number of nitrogens with zero attached hydrogens (tertiary/aromatic N) is 2. The van der Waals surface area contributed by atoms with Gasteiger partial charge in [-0.05, 0) is 18.1 Å². The molecular weight excluding hydrogens is 278 g/mol. The summed E-state index contributed by atoms with van der Waals surface area (Å²) in [5.41, 5.74) is 3.76. The second kappa shape index (κ2) is 6.22. The number of aromatic nitrogens is 3. The van der Waals surface area contributed by atoms with Crippen LogP contribution in [0.2, 0.25) is 0 Å². The van der Waals surface area contributed by atoms with Gasteiger partial charge < -0.3 is 4.74 Å². The molecule has 5 heteroatoms. The van der Waals surface area contributed by atoms with Gasteiger partial charge in [0.15, 0.2) is 5.69 Å². The van der Waals surface area contributed by atoms with Crippen molar-refractivity contribution in [2.45, 2.75) is 6.92 Å². The van der Waals surface area contributed by atoms with Crippen molar-refractivity contribution in [3.8, 4) is 22.4 Å². The Morgan fingerprint density at radius 2 is 1.59 bits per heavy atom. The van der Waals surface area contributed by atoms with E-state index < -0.39 is 5.97 Å². The van der Waals surface area contributed by atoms with Crippen LogP contribution in [-0.2, 0) is 4.74 Å². The molecule has 22 heavy (non-hydrogen) atoms. The van der Waals surface area contributed by atoms with E-state index in [-0.39, 0.29) is 5.69 Å². The maximum atomic E-state index is 11.8. The van der Waals surface area contributed by atoms with Gasteiger partial charge in [0.05, 0.1) is 6.61 Å². The molecule has 3 aromatic rings. The summed E-state index contributed by atoms with van der Waals surface area (Å²) < 4.78 is 4.98. The highest BCUT2D eigenvalue weighted by molar-refractivity contribution is 5.94. The molecule has 3 rings (SSSR count). The van der Waals surface area contributed by atoms with Gasteiger partial charge in [-0.3, -0.25) is 0 Å². The highest BCUT2D eigenvalue weighted by Crippen LogP contribution is 2.25. The summed E-state index contributed by atoms with van der Waals surface area (Å²) in [6.07, 6.45) is 0. The summed E-state index contributed by atoms with van der Waals surface area (Å²) in [5, 5.41) is 10.4. The van der Waals surface area contributed by atoms with Gasteiger partial charge in [0, 0.05) is 5.56 Å². The van der Waals surface area contributed by atoms with E-state index in [0.29, 0.717) is 12.3 Å². The van der Waals surface area contributed by atoms with Crippen LogP contribution in [0.15, 0.2) is 54.6 Å². The molecule has 0 fully saturated rings. The zero-order chi connectivity index (χ0) is 15.4. The van der Waals surface area contributed by atoms with E-state index in [4.69, 9.17) is 4.74 Å². The third-order valence-electron chi connectivity index (χ3n) is 3.28. The van der Waals surface area contributed by atoms with Crippen molar-refractivity contribution in [3.05, 3.63) is 60.3 Å². The number of benzene rings is 2. The third kappa shape index (κ3) is 2.74. The fourth-order valence-corrected chi connectivity index (χ4v) is 2.23. The Morgan fingerprint density at radius 3 is 2.27 bits per heavy atom. The fraction of sp³-hybridized carbons (Fsp3) is 0.118. The average molecular weight is 293 g/mol. The first-order valence-electron chi connectivity index (χ1n) is 7.03. The molecule has 5 nitrogen and oxygen atoms in total. The molecule has 0 radical (unpaired) electrons. The second-order valence-electron chi connectivity index (χ2n) is 4.68. The van der Waals surface area contributed by atoms with E-state index in [0.717, 1.165) is 16.7 Å². The third-order valence-corrected chi connectivity index (χ3v) is 3.28. The number of esters is 1. The summed E-state index contributed by atoms with van der Waals surface area (Å²) in [6.45, 7) is 2.06. The quantitative estimate of drug-likeness (QED) is 0.749. The van der Waals surface area contributed by atoms with Crippen LogP contribution in [0.25, 0.3) is 22.4 Å². The van der Waals surface area contributed by atoms with E-state index in [1.54, 1.807) is 6.92 Å².